The molecular formula is C11H22N2O3S2. The Kier molecular flexibility index (Phi) is 5.51. The van der Waals surface area contributed by atoms with Gasteiger partial charge in [-0.15, -0.1) is 0 Å². The lowest BCUT2D eigenvalue weighted by molar-refractivity contribution is 0.0636. The molecule has 5 nitrogen and oxygen atoms in total. The standard InChI is InChI=1S/C11H22N2O3S2/c1-3-10(11(12)17)18(15,16)13(2)8-6-4-5-7-9(8)14/h8-10,14H,3-7H2,1-2H3,(H2,12,17). The van der Waals surface area contributed by atoms with Crippen molar-refractivity contribution in [1.82, 2.24) is 4.31 Å². The van der Waals surface area contributed by atoms with E-state index in [1.165, 1.54) is 11.4 Å². The molecule has 7 heteroatoms. The molecule has 0 bridgehead atoms. The Morgan fingerprint density at radius 3 is 2.50 bits per heavy atom. The minimum atomic E-state index is -3.58. The average Bonchev–Trinajstić information content (AvgIpc) is 2.28. The van der Waals surface area contributed by atoms with Crippen LogP contribution < -0.4 is 5.73 Å². The maximum atomic E-state index is 12.4. The molecule has 3 unspecified atom stereocenters. The molecule has 0 heterocycles. The second-order valence-electron chi connectivity index (χ2n) is 4.78. The van der Waals surface area contributed by atoms with Crippen molar-refractivity contribution in [3.63, 3.8) is 0 Å². The molecule has 0 saturated heterocycles. The summed E-state index contributed by atoms with van der Waals surface area (Å²) >= 11 is 4.82. The molecule has 0 aliphatic heterocycles. The van der Waals surface area contributed by atoms with Gasteiger partial charge < -0.3 is 10.8 Å². The lowest BCUT2D eigenvalue weighted by atomic mass is 9.93. The van der Waals surface area contributed by atoms with E-state index in [-0.39, 0.29) is 11.0 Å². The number of aliphatic hydroxyl groups is 1. The highest BCUT2D eigenvalue weighted by atomic mass is 32.2. The number of nitrogens with zero attached hydrogens (tertiary/aromatic N) is 1. The van der Waals surface area contributed by atoms with Gasteiger partial charge in [0.05, 0.1) is 17.1 Å². The van der Waals surface area contributed by atoms with Crippen LogP contribution in [0, 0.1) is 0 Å². The first-order valence-electron chi connectivity index (χ1n) is 6.26. The molecule has 3 N–H and O–H groups in total. The fraction of sp³-hybridized carbons (Fsp3) is 0.909. The molecule has 1 rings (SSSR count). The van der Waals surface area contributed by atoms with E-state index in [4.69, 9.17) is 18.0 Å². The molecule has 0 aromatic rings. The molecule has 1 aliphatic carbocycles. The Hall–Kier alpha value is -0.240. The number of thiocarbonyl (C=S) groups is 1. The number of sulfonamides is 1. The maximum Gasteiger partial charge on any atom is 0.223 e. The van der Waals surface area contributed by atoms with Crippen molar-refractivity contribution in [2.75, 3.05) is 7.05 Å². The molecule has 0 amide bonds. The van der Waals surface area contributed by atoms with Gasteiger partial charge in [0.15, 0.2) is 0 Å². The van der Waals surface area contributed by atoms with E-state index in [9.17, 15) is 13.5 Å². The molecule has 0 aromatic heterocycles. The van der Waals surface area contributed by atoms with Gasteiger partial charge in [-0.05, 0) is 19.3 Å². The van der Waals surface area contributed by atoms with Gasteiger partial charge in [-0.3, -0.25) is 0 Å². The normalized spacial score (nSPS) is 27.1. The third-order valence-corrected chi connectivity index (χ3v) is 6.42. The Bertz CT molecular complexity index is 397. The number of hydrogen-bond acceptors (Lipinski definition) is 4. The second-order valence-corrected chi connectivity index (χ2v) is 7.43. The van der Waals surface area contributed by atoms with Gasteiger partial charge in [-0.1, -0.05) is 32.0 Å². The molecule has 18 heavy (non-hydrogen) atoms. The highest BCUT2D eigenvalue weighted by molar-refractivity contribution is 7.92. The predicted molar refractivity (Wildman–Crippen MR) is 75.8 cm³/mol. The van der Waals surface area contributed by atoms with E-state index in [0.29, 0.717) is 19.3 Å². The topological polar surface area (TPSA) is 83.6 Å². The van der Waals surface area contributed by atoms with Gasteiger partial charge >= 0.3 is 0 Å². The summed E-state index contributed by atoms with van der Waals surface area (Å²) < 4.78 is 26.1. The molecule has 1 saturated carbocycles. The summed E-state index contributed by atoms with van der Waals surface area (Å²) in [4.78, 5) is -0.00495. The first kappa shape index (κ1) is 15.8. The van der Waals surface area contributed by atoms with Crippen LogP contribution in [0.5, 0.6) is 0 Å². The highest BCUT2D eigenvalue weighted by Gasteiger charge is 2.38. The third kappa shape index (κ3) is 3.20. The molecule has 0 radical (unpaired) electrons. The first-order chi connectivity index (χ1) is 8.32. The van der Waals surface area contributed by atoms with Crippen LogP contribution in [0.4, 0.5) is 0 Å². The number of rotatable bonds is 5. The summed E-state index contributed by atoms with van der Waals surface area (Å²) in [5.74, 6) is 0. The quantitative estimate of drug-likeness (QED) is 0.726. The van der Waals surface area contributed by atoms with Gasteiger partial charge in [0.25, 0.3) is 0 Å². The summed E-state index contributed by atoms with van der Waals surface area (Å²) in [5, 5.41) is 9.08. The van der Waals surface area contributed by atoms with E-state index in [0.717, 1.165) is 12.8 Å². The summed E-state index contributed by atoms with van der Waals surface area (Å²) in [7, 11) is -2.07. The monoisotopic (exact) mass is 294 g/mol. The summed E-state index contributed by atoms with van der Waals surface area (Å²) in [6, 6.07) is -0.354. The molecule has 0 aromatic carbocycles. The van der Waals surface area contributed by atoms with E-state index >= 15 is 0 Å². The Labute approximate surface area is 114 Å². The Morgan fingerprint density at radius 1 is 1.50 bits per heavy atom. The molecule has 1 aliphatic rings. The number of aliphatic hydroxyl groups excluding tert-OH is 1. The van der Waals surface area contributed by atoms with Crippen molar-refractivity contribution in [2.24, 2.45) is 5.73 Å². The van der Waals surface area contributed by atoms with Crippen LogP contribution in [0.15, 0.2) is 0 Å². The van der Waals surface area contributed by atoms with Crippen molar-refractivity contribution in [3.8, 4) is 0 Å². The lowest BCUT2D eigenvalue weighted by Gasteiger charge is -2.36. The molecule has 0 spiro atoms. The number of nitrogens with two attached hydrogens (primary N) is 1. The van der Waals surface area contributed by atoms with Crippen LogP contribution >= 0.6 is 12.2 Å². The minimum Gasteiger partial charge on any atom is -0.392 e. The van der Waals surface area contributed by atoms with Crippen molar-refractivity contribution in [1.29, 1.82) is 0 Å². The zero-order valence-corrected chi connectivity index (χ0v) is 12.5. The predicted octanol–water partition coefficient (Wildman–Crippen LogP) is 0.616. The molecule has 106 valence electrons. The summed E-state index contributed by atoms with van der Waals surface area (Å²) in [6.07, 6.45) is 2.97. The van der Waals surface area contributed by atoms with Crippen LogP contribution in [0.3, 0.4) is 0 Å². The van der Waals surface area contributed by atoms with Crippen molar-refractivity contribution in [2.45, 2.75) is 56.4 Å². The zero-order chi connectivity index (χ0) is 13.9. The molecule has 1 fully saturated rings. The van der Waals surface area contributed by atoms with Crippen LogP contribution in [0.2, 0.25) is 0 Å². The fourth-order valence-corrected chi connectivity index (χ4v) is 4.73. The second kappa shape index (κ2) is 6.27. The third-order valence-electron chi connectivity index (χ3n) is 3.61. The SMILES string of the molecule is CCC(C(N)=S)S(=O)(=O)N(C)C1CCCCC1O. The van der Waals surface area contributed by atoms with Gasteiger partial charge in [-0.2, -0.15) is 4.31 Å². The van der Waals surface area contributed by atoms with Gasteiger partial charge in [0.1, 0.15) is 5.25 Å². The van der Waals surface area contributed by atoms with Crippen molar-refractivity contribution in [3.05, 3.63) is 0 Å². The molecular weight excluding hydrogens is 272 g/mol. The van der Waals surface area contributed by atoms with Gasteiger partial charge in [-0.25, -0.2) is 8.42 Å². The minimum absolute atomic E-state index is 0.00495. The smallest absolute Gasteiger partial charge is 0.223 e. The maximum absolute atomic E-state index is 12.4. The lowest BCUT2D eigenvalue weighted by Crippen LogP contribution is -2.51. The van der Waals surface area contributed by atoms with E-state index < -0.39 is 21.4 Å². The first-order valence-corrected chi connectivity index (χ1v) is 8.17. The Morgan fingerprint density at radius 2 is 2.06 bits per heavy atom. The molecule has 3 atom stereocenters. The summed E-state index contributed by atoms with van der Waals surface area (Å²) in [6.45, 7) is 1.74. The van der Waals surface area contributed by atoms with Crippen molar-refractivity contribution >= 4 is 27.2 Å². The van der Waals surface area contributed by atoms with Gasteiger partial charge in [0, 0.05) is 7.05 Å². The summed E-state index contributed by atoms with van der Waals surface area (Å²) in [5.41, 5.74) is 5.50. The average molecular weight is 294 g/mol. The number of likely N-dealkylation sites (N-methyl/N-ethyl adjacent to an activating group) is 1. The van der Waals surface area contributed by atoms with Crippen LogP contribution in [0.1, 0.15) is 39.0 Å². The van der Waals surface area contributed by atoms with Crippen molar-refractivity contribution < 1.29 is 13.5 Å². The Balaban J connectivity index is 2.93. The van der Waals surface area contributed by atoms with E-state index in [1.807, 2.05) is 0 Å². The number of hydrogen-bond donors (Lipinski definition) is 2. The van der Waals surface area contributed by atoms with E-state index in [2.05, 4.69) is 0 Å². The highest BCUT2D eigenvalue weighted by Crippen LogP contribution is 2.26. The van der Waals surface area contributed by atoms with Crippen LogP contribution in [-0.4, -0.2) is 47.3 Å². The zero-order valence-electron chi connectivity index (χ0n) is 10.9. The van der Waals surface area contributed by atoms with Gasteiger partial charge in [0.2, 0.25) is 10.0 Å². The van der Waals surface area contributed by atoms with Crippen LogP contribution in [0.25, 0.3) is 0 Å². The largest absolute Gasteiger partial charge is 0.392 e. The van der Waals surface area contributed by atoms with E-state index in [1.54, 1.807) is 6.92 Å². The van der Waals surface area contributed by atoms with Crippen LogP contribution in [-0.2, 0) is 10.0 Å². The fourth-order valence-electron chi connectivity index (χ4n) is 2.46.